The fourth-order valence-electron chi connectivity index (χ4n) is 3.99. The zero-order valence-electron chi connectivity index (χ0n) is 17.8. The van der Waals surface area contributed by atoms with E-state index >= 15 is 0 Å². The highest BCUT2D eigenvalue weighted by Crippen LogP contribution is 2.32. The molecule has 1 aromatic carbocycles. The monoisotopic (exact) mass is 429 g/mol. The summed E-state index contributed by atoms with van der Waals surface area (Å²) in [5.41, 5.74) is 2.07. The van der Waals surface area contributed by atoms with Gasteiger partial charge in [-0.25, -0.2) is 8.42 Å². The van der Waals surface area contributed by atoms with E-state index in [4.69, 9.17) is 0 Å². The highest BCUT2D eigenvalue weighted by molar-refractivity contribution is 7.91. The van der Waals surface area contributed by atoms with Gasteiger partial charge in [-0.1, -0.05) is 45.2 Å². The second kappa shape index (κ2) is 10.2. The van der Waals surface area contributed by atoms with Gasteiger partial charge < -0.3 is 5.32 Å². The molecule has 0 atom stereocenters. The van der Waals surface area contributed by atoms with Crippen molar-refractivity contribution in [3.8, 4) is 11.3 Å². The first kappa shape index (κ1) is 22.4. The van der Waals surface area contributed by atoms with E-state index in [-0.39, 0.29) is 22.6 Å². The molecule has 1 amide bonds. The number of hydrogen-bond acceptors (Lipinski definition) is 5. The fraction of sp³-hybridized carbons (Fsp3) is 0.522. The summed E-state index contributed by atoms with van der Waals surface area (Å²) < 4.78 is 23.8. The minimum Gasteiger partial charge on any atom is -0.326 e. The highest BCUT2D eigenvalue weighted by atomic mass is 32.2. The van der Waals surface area contributed by atoms with Gasteiger partial charge in [0.2, 0.25) is 5.91 Å². The third kappa shape index (κ3) is 5.65. The molecule has 1 fully saturated rings. The topological polar surface area (TPSA) is 89.0 Å². The highest BCUT2D eigenvalue weighted by Gasteiger charge is 2.26. The van der Waals surface area contributed by atoms with Crippen LogP contribution in [0.4, 0.5) is 5.69 Å². The van der Waals surface area contributed by atoms with Crippen molar-refractivity contribution in [2.45, 2.75) is 63.8 Å². The van der Waals surface area contributed by atoms with Crippen LogP contribution in [0.5, 0.6) is 0 Å². The molecule has 1 aromatic heterocycles. The predicted octanol–water partition coefficient (Wildman–Crippen LogP) is 4.87. The van der Waals surface area contributed by atoms with E-state index in [1.54, 1.807) is 13.0 Å². The van der Waals surface area contributed by atoms with Crippen LogP contribution in [0, 0.1) is 11.8 Å². The third-order valence-corrected chi connectivity index (χ3v) is 7.56. The van der Waals surface area contributed by atoms with Gasteiger partial charge in [0.05, 0.1) is 11.4 Å². The van der Waals surface area contributed by atoms with E-state index in [2.05, 4.69) is 22.4 Å². The van der Waals surface area contributed by atoms with Gasteiger partial charge in [-0.2, -0.15) is 0 Å². The normalized spacial score (nSPS) is 19.4. The van der Waals surface area contributed by atoms with Crippen molar-refractivity contribution in [3.05, 3.63) is 36.4 Å². The summed E-state index contributed by atoms with van der Waals surface area (Å²) in [4.78, 5) is 12.7. The Labute approximate surface area is 179 Å². The summed E-state index contributed by atoms with van der Waals surface area (Å²) in [6.07, 6.45) is 7.99. The van der Waals surface area contributed by atoms with Gasteiger partial charge in [-0.05, 0) is 55.9 Å². The lowest BCUT2D eigenvalue weighted by molar-refractivity contribution is -0.121. The Morgan fingerprint density at radius 1 is 1.07 bits per heavy atom. The van der Waals surface area contributed by atoms with Crippen LogP contribution in [-0.4, -0.2) is 30.3 Å². The summed E-state index contributed by atoms with van der Waals surface area (Å²) in [5.74, 6) is 0.917. The number of carbonyl (C=O) groups excluding carboxylic acids is 1. The maximum Gasteiger partial charge on any atom is 0.227 e. The number of nitrogens with one attached hydrogen (secondary N) is 1. The summed E-state index contributed by atoms with van der Waals surface area (Å²) in [7, 11) is -3.37. The Balaban J connectivity index is 1.63. The lowest BCUT2D eigenvalue weighted by atomic mass is 9.79. The van der Waals surface area contributed by atoms with E-state index in [0.717, 1.165) is 42.9 Å². The molecule has 6 nitrogen and oxygen atoms in total. The van der Waals surface area contributed by atoms with Crippen molar-refractivity contribution < 1.29 is 13.2 Å². The standard InChI is InChI=1S/C23H31N3O3S/c1-3-5-7-17-10-12-18(13-11-17)23(27)24-20-9-6-8-19(16-20)21-14-15-22(26-25-21)30(28,29)4-2/h6,8-9,14-18H,3-5,7,10-13H2,1-2H3,(H,24,27). The summed E-state index contributed by atoms with van der Waals surface area (Å²) in [6, 6.07) is 10.6. The minimum atomic E-state index is -3.37. The van der Waals surface area contributed by atoms with Crippen molar-refractivity contribution in [1.82, 2.24) is 10.2 Å². The van der Waals surface area contributed by atoms with Crippen molar-refractivity contribution in [3.63, 3.8) is 0 Å². The van der Waals surface area contributed by atoms with Gasteiger partial charge in [0.15, 0.2) is 14.9 Å². The molecule has 2 aromatic rings. The lowest BCUT2D eigenvalue weighted by Crippen LogP contribution is -2.27. The largest absolute Gasteiger partial charge is 0.326 e. The van der Waals surface area contributed by atoms with Crippen molar-refractivity contribution in [2.75, 3.05) is 11.1 Å². The Kier molecular flexibility index (Phi) is 7.58. The van der Waals surface area contributed by atoms with Crippen molar-refractivity contribution in [2.24, 2.45) is 11.8 Å². The molecule has 0 saturated heterocycles. The van der Waals surface area contributed by atoms with Gasteiger partial charge in [0, 0.05) is 17.2 Å². The first-order valence-electron chi connectivity index (χ1n) is 10.9. The second-order valence-electron chi connectivity index (χ2n) is 8.09. The number of anilines is 1. The number of hydrogen-bond donors (Lipinski definition) is 1. The lowest BCUT2D eigenvalue weighted by Gasteiger charge is -2.27. The number of benzene rings is 1. The molecule has 162 valence electrons. The number of rotatable bonds is 8. The molecule has 0 aliphatic heterocycles. The van der Waals surface area contributed by atoms with Crippen LogP contribution < -0.4 is 5.32 Å². The number of unbranched alkanes of at least 4 members (excludes halogenated alkanes) is 1. The maximum atomic E-state index is 12.7. The minimum absolute atomic E-state index is 0.0109. The molecule has 30 heavy (non-hydrogen) atoms. The Hall–Kier alpha value is -2.28. The van der Waals surface area contributed by atoms with E-state index in [0.29, 0.717) is 5.69 Å². The quantitative estimate of drug-likeness (QED) is 0.646. The van der Waals surface area contributed by atoms with Crippen LogP contribution in [0.25, 0.3) is 11.3 Å². The van der Waals surface area contributed by atoms with E-state index < -0.39 is 9.84 Å². The number of aromatic nitrogens is 2. The van der Waals surface area contributed by atoms with Gasteiger partial charge >= 0.3 is 0 Å². The Morgan fingerprint density at radius 2 is 1.83 bits per heavy atom. The van der Waals surface area contributed by atoms with Crippen LogP contribution in [0.3, 0.4) is 0 Å². The summed E-state index contributed by atoms with van der Waals surface area (Å²) >= 11 is 0. The number of nitrogens with zero attached hydrogens (tertiary/aromatic N) is 2. The average Bonchev–Trinajstić information content (AvgIpc) is 2.78. The van der Waals surface area contributed by atoms with Gasteiger partial charge in [0.25, 0.3) is 0 Å². The molecule has 1 saturated carbocycles. The molecule has 0 bridgehead atoms. The molecule has 0 unspecified atom stereocenters. The number of carbonyl (C=O) groups is 1. The Bertz CT molecular complexity index is 950. The second-order valence-corrected chi connectivity index (χ2v) is 10.3. The van der Waals surface area contributed by atoms with Gasteiger partial charge in [-0.3, -0.25) is 4.79 Å². The van der Waals surface area contributed by atoms with E-state index in [1.165, 1.54) is 25.3 Å². The van der Waals surface area contributed by atoms with Gasteiger partial charge in [0.1, 0.15) is 0 Å². The van der Waals surface area contributed by atoms with Crippen LogP contribution in [0.1, 0.15) is 58.8 Å². The van der Waals surface area contributed by atoms with Gasteiger partial charge in [-0.15, -0.1) is 10.2 Å². The zero-order chi connectivity index (χ0) is 21.6. The Morgan fingerprint density at radius 3 is 2.47 bits per heavy atom. The third-order valence-electron chi connectivity index (χ3n) is 5.95. The first-order valence-corrected chi connectivity index (χ1v) is 12.6. The smallest absolute Gasteiger partial charge is 0.227 e. The molecule has 1 aliphatic rings. The molecular weight excluding hydrogens is 398 g/mol. The van der Waals surface area contributed by atoms with Crippen LogP contribution in [0.2, 0.25) is 0 Å². The predicted molar refractivity (Wildman–Crippen MR) is 119 cm³/mol. The molecule has 1 heterocycles. The van der Waals surface area contributed by atoms with Crippen molar-refractivity contribution in [1.29, 1.82) is 0 Å². The summed E-state index contributed by atoms with van der Waals surface area (Å²) in [5, 5.41) is 10.9. The number of sulfone groups is 1. The zero-order valence-corrected chi connectivity index (χ0v) is 18.6. The van der Waals surface area contributed by atoms with Crippen LogP contribution in [0.15, 0.2) is 41.4 Å². The molecule has 1 aliphatic carbocycles. The summed E-state index contributed by atoms with van der Waals surface area (Å²) in [6.45, 7) is 3.80. The molecule has 7 heteroatoms. The van der Waals surface area contributed by atoms with Crippen LogP contribution >= 0.6 is 0 Å². The number of amides is 1. The molecule has 1 N–H and O–H groups in total. The van der Waals surface area contributed by atoms with E-state index in [1.807, 2.05) is 24.3 Å². The SMILES string of the molecule is CCCCC1CCC(C(=O)Nc2cccc(-c3ccc(S(=O)(=O)CC)nn3)c2)CC1. The molecule has 0 radical (unpaired) electrons. The molecule has 0 spiro atoms. The fourth-order valence-corrected chi connectivity index (χ4v) is 4.73. The van der Waals surface area contributed by atoms with Crippen molar-refractivity contribution >= 4 is 21.4 Å². The molecular formula is C23H31N3O3S. The maximum absolute atomic E-state index is 12.7. The molecule has 3 rings (SSSR count). The van der Waals surface area contributed by atoms with Crippen LogP contribution in [-0.2, 0) is 14.6 Å². The van der Waals surface area contributed by atoms with E-state index in [9.17, 15) is 13.2 Å². The average molecular weight is 430 g/mol. The first-order chi connectivity index (χ1) is 14.4.